The summed E-state index contributed by atoms with van der Waals surface area (Å²) < 4.78 is 5.13. The minimum atomic E-state index is 0.404. The summed E-state index contributed by atoms with van der Waals surface area (Å²) in [6, 6.07) is 5.09. The largest absolute Gasteiger partial charge is 0.462 e. The van der Waals surface area contributed by atoms with Crippen LogP contribution in [-0.2, 0) is 0 Å². The van der Waals surface area contributed by atoms with E-state index in [9.17, 15) is 0 Å². The summed E-state index contributed by atoms with van der Waals surface area (Å²) >= 11 is 16.8. The Balaban J connectivity index is 2.18. The topological polar surface area (TPSA) is 38.1 Å². The molecule has 0 radical (unpaired) electrons. The van der Waals surface area contributed by atoms with Gasteiger partial charge in [0.2, 0.25) is 0 Å². The lowest BCUT2D eigenvalue weighted by molar-refractivity contribution is 0.559. The number of nitrogens with one attached hydrogen (secondary N) is 1. The average molecular weight is 273 g/mol. The summed E-state index contributed by atoms with van der Waals surface area (Å²) in [5.74, 6) is 1.01. The zero-order valence-electron chi connectivity index (χ0n) is 7.91. The van der Waals surface area contributed by atoms with E-state index in [-0.39, 0.29) is 0 Å². The predicted molar refractivity (Wildman–Crippen MR) is 68.3 cm³/mol. The van der Waals surface area contributed by atoms with Crippen LogP contribution in [0.2, 0.25) is 10.0 Å². The first kappa shape index (κ1) is 11.4. The van der Waals surface area contributed by atoms with E-state index in [0.29, 0.717) is 26.6 Å². The van der Waals surface area contributed by atoms with E-state index in [4.69, 9.17) is 39.8 Å². The lowest BCUT2D eigenvalue weighted by atomic mass is 10.4. The molecule has 2 aromatic rings. The number of aromatic nitrogens is 1. The molecule has 0 aliphatic heterocycles. The zero-order valence-corrected chi connectivity index (χ0v) is 10.2. The smallest absolute Gasteiger partial charge is 0.161 e. The lowest BCUT2D eigenvalue weighted by Gasteiger charge is -2.06. The van der Waals surface area contributed by atoms with E-state index in [1.54, 1.807) is 24.5 Å². The summed E-state index contributed by atoms with van der Waals surface area (Å²) in [5, 5.41) is 3.75. The van der Waals surface area contributed by atoms with Crippen LogP contribution in [0.5, 0.6) is 0 Å². The molecule has 0 atom stereocenters. The number of hydrogen-bond donors (Lipinski definition) is 1. The van der Waals surface area contributed by atoms with Crippen molar-refractivity contribution in [2.45, 2.75) is 0 Å². The van der Waals surface area contributed by atoms with Gasteiger partial charge in [-0.2, -0.15) is 0 Å². The van der Waals surface area contributed by atoms with Gasteiger partial charge in [0.1, 0.15) is 10.8 Å². The molecule has 82 valence electrons. The van der Waals surface area contributed by atoms with Crippen LogP contribution in [0.4, 0.5) is 5.82 Å². The van der Waals surface area contributed by atoms with Crippen molar-refractivity contribution in [3.63, 3.8) is 0 Å². The maximum Gasteiger partial charge on any atom is 0.161 e. The fraction of sp³-hybridized carbons (Fsp3) is 0. The first-order valence-electron chi connectivity index (χ1n) is 4.33. The molecular weight excluding hydrogens is 267 g/mol. The molecule has 3 nitrogen and oxygen atoms in total. The molecule has 0 saturated carbocycles. The van der Waals surface area contributed by atoms with E-state index in [1.807, 2.05) is 0 Å². The second-order valence-electron chi connectivity index (χ2n) is 2.92. The molecule has 0 fully saturated rings. The number of pyridine rings is 1. The number of halogens is 2. The van der Waals surface area contributed by atoms with Crippen molar-refractivity contribution in [3.8, 4) is 0 Å². The highest BCUT2D eigenvalue weighted by Gasteiger charge is 2.08. The Bertz CT molecular complexity index is 514. The maximum atomic E-state index is 5.94. The van der Waals surface area contributed by atoms with Gasteiger partial charge >= 0.3 is 0 Å². The molecular formula is C10H6Cl2N2OS. The number of nitrogens with zero attached hydrogens (tertiary/aromatic N) is 1. The number of thiocarbonyl (C=S) groups is 1. The van der Waals surface area contributed by atoms with Crippen LogP contribution in [0.3, 0.4) is 0 Å². The Labute approximate surface area is 107 Å². The van der Waals surface area contributed by atoms with Crippen molar-refractivity contribution < 1.29 is 4.42 Å². The molecule has 0 saturated heterocycles. The Morgan fingerprint density at radius 3 is 2.88 bits per heavy atom. The van der Waals surface area contributed by atoms with Crippen LogP contribution >= 0.6 is 35.4 Å². The fourth-order valence-electron chi connectivity index (χ4n) is 1.08. The van der Waals surface area contributed by atoms with Crippen molar-refractivity contribution in [3.05, 3.63) is 46.5 Å². The van der Waals surface area contributed by atoms with Gasteiger partial charge in [0.05, 0.1) is 16.3 Å². The second kappa shape index (κ2) is 4.82. The van der Waals surface area contributed by atoms with Gasteiger partial charge in [-0.1, -0.05) is 35.4 Å². The van der Waals surface area contributed by atoms with Crippen molar-refractivity contribution in [1.82, 2.24) is 4.98 Å². The van der Waals surface area contributed by atoms with Crippen molar-refractivity contribution >= 4 is 46.2 Å². The lowest BCUT2D eigenvalue weighted by Crippen LogP contribution is -2.10. The summed E-state index contributed by atoms with van der Waals surface area (Å²) in [7, 11) is 0. The third-order valence-electron chi connectivity index (χ3n) is 1.78. The van der Waals surface area contributed by atoms with E-state index in [1.165, 1.54) is 6.20 Å². The SMILES string of the molecule is S=C(Nc1ncc(Cl)cc1Cl)c1ccco1. The van der Waals surface area contributed by atoms with Crippen molar-refractivity contribution in [2.75, 3.05) is 5.32 Å². The van der Waals surface area contributed by atoms with Gasteiger partial charge in [-0.25, -0.2) is 4.98 Å². The van der Waals surface area contributed by atoms with Crippen LogP contribution in [-0.4, -0.2) is 9.97 Å². The molecule has 0 bridgehead atoms. The minimum Gasteiger partial charge on any atom is -0.462 e. The Kier molecular flexibility index (Phi) is 3.43. The highest BCUT2D eigenvalue weighted by molar-refractivity contribution is 7.81. The highest BCUT2D eigenvalue weighted by Crippen LogP contribution is 2.23. The fourth-order valence-corrected chi connectivity index (χ4v) is 1.72. The Hall–Kier alpha value is -1.10. The monoisotopic (exact) mass is 272 g/mol. The van der Waals surface area contributed by atoms with Crippen LogP contribution in [0, 0.1) is 0 Å². The molecule has 16 heavy (non-hydrogen) atoms. The first-order valence-corrected chi connectivity index (χ1v) is 5.49. The van der Waals surface area contributed by atoms with Gasteiger partial charge in [0, 0.05) is 6.20 Å². The number of hydrogen-bond acceptors (Lipinski definition) is 3. The molecule has 0 unspecified atom stereocenters. The normalized spacial score (nSPS) is 10.1. The average Bonchev–Trinajstić information content (AvgIpc) is 2.75. The van der Waals surface area contributed by atoms with Crippen LogP contribution < -0.4 is 5.32 Å². The molecule has 6 heteroatoms. The zero-order chi connectivity index (χ0) is 11.5. The van der Waals surface area contributed by atoms with E-state index in [0.717, 1.165) is 0 Å². The third-order valence-corrected chi connectivity index (χ3v) is 2.58. The van der Waals surface area contributed by atoms with Crippen LogP contribution in [0.15, 0.2) is 35.1 Å². The minimum absolute atomic E-state index is 0.404. The second-order valence-corrected chi connectivity index (χ2v) is 4.17. The molecule has 0 aliphatic carbocycles. The van der Waals surface area contributed by atoms with Crippen molar-refractivity contribution in [2.24, 2.45) is 0 Å². The molecule has 2 aromatic heterocycles. The highest BCUT2D eigenvalue weighted by atomic mass is 35.5. The predicted octanol–water partition coefficient (Wildman–Crippen LogP) is 3.77. The Morgan fingerprint density at radius 1 is 1.44 bits per heavy atom. The third kappa shape index (κ3) is 2.52. The molecule has 0 aromatic carbocycles. The van der Waals surface area contributed by atoms with Crippen molar-refractivity contribution in [1.29, 1.82) is 0 Å². The van der Waals surface area contributed by atoms with Gasteiger partial charge in [0.15, 0.2) is 5.76 Å². The van der Waals surface area contributed by atoms with E-state index < -0.39 is 0 Å². The van der Waals surface area contributed by atoms with Gasteiger partial charge in [-0.15, -0.1) is 0 Å². The van der Waals surface area contributed by atoms with Gasteiger partial charge in [-0.05, 0) is 18.2 Å². The first-order chi connectivity index (χ1) is 7.66. The molecule has 2 rings (SSSR count). The summed E-state index contributed by atoms with van der Waals surface area (Å²) in [5.41, 5.74) is 0. The maximum absolute atomic E-state index is 5.94. The quantitative estimate of drug-likeness (QED) is 0.845. The van der Waals surface area contributed by atoms with Gasteiger partial charge in [0.25, 0.3) is 0 Å². The number of rotatable bonds is 2. The number of anilines is 1. The van der Waals surface area contributed by atoms with Gasteiger partial charge < -0.3 is 9.73 Å². The van der Waals surface area contributed by atoms with Crippen LogP contribution in [0.1, 0.15) is 5.76 Å². The molecule has 1 N–H and O–H groups in total. The standard InChI is InChI=1S/C10H6Cl2N2OS/c11-6-4-7(12)9(13-5-6)14-10(16)8-2-1-3-15-8/h1-5H,(H,13,14,16). The van der Waals surface area contributed by atoms with Crippen LogP contribution in [0.25, 0.3) is 0 Å². The molecule has 0 aliphatic rings. The summed E-state index contributed by atoms with van der Waals surface area (Å²) in [4.78, 5) is 4.44. The Morgan fingerprint density at radius 2 is 2.25 bits per heavy atom. The summed E-state index contributed by atoms with van der Waals surface area (Å²) in [6.07, 6.45) is 3.03. The molecule has 0 amide bonds. The van der Waals surface area contributed by atoms with E-state index in [2.05, 4.69) is 10.3 Å². The molecule has 0 spiro atoms. The molecule has 2 heterocycles. The number of furan rings is 1. The van der Waals surface area contributed by atoms with E-state index >= 15 is 0 Å². The van der Waals surface area contributed by atoms with Gasteiger partial charge in [-0.3, -0.25) is 0 Å². The summed E-state index contributed by atoms with van der Waals surface area (Å²) in [6.45, 7) is 0.